The van der Waals surface area contributed by atoms with E-state index in [4.69, 9.17) is 14.3 Å². The fourth-order valence-electron chi connectivity index (χ4n) is 2.81. The first-order chi connectivity index (χ1) is 13.1. The van der Waals surface area contributed by atoms with Gasteiger partial charge in [-0.2, -0.15) is 4.99 Å². The number of aromatic carboxylic acids is 1. The van der Waals surface area contributed by atoms with Crippen LogP contribution in [0.2, 0.25) is 0 Å². The lowest BCUT2D eigenvalue weighted by molar-refractivity contribution is -0.113. The van der Waals surface area contributed by atoms with Crippen LogP contribution in [0.1, 0.15) is 16.1 Å². The molecule has 0 spiro atoms. The molecule has 8 heteroatoms. The van der Waals surface area contributed by atoms with Crippen LogP contribution in [0.25, 0.3) is 17.4 Å². The summed E-state index contributed by atoms with van der Waals surface area (Å²) < 4.78 is 11.1. The number of carbonyl (C=O) groups is 2. The third-order valence-corrected chi connectivity index (χ3v) is 5.23. The molecule has 1 aromatic carbocycles. The Balaban J connectivity index is 1.52. The van der Waals surface area contributed by atoms with Gasteiger partial charge in [0, 0.05) is 24.7 Å². The van der Waals surface area contributed by atoms with Crippen LogP contribution >= 0.6 is 11.8 Å². The van der Waals surface area contributed by atoms with Crippen molar-refractivity contribution in [2.45, 2.75) is 0 Å². The zero-order valence-corrected chi connectivity index (χ0v) is 15.1. The fraction of sp³-hybridized carbons (Fsp3) is 0.211. The normalized spacial score (nSPS) is 18.8. The molecule has 1 N–H and O–H groups in total. The van der Waals surface area contributed by atoms with E-state index in [1.54, 1.807) is 36.4 Å². The van der Waals surface area contributed by atoms with E-state index in [9.17, 15) is 9.59 Å². The Morgan fingerprint density at radius 1 is 1.22 bits per heavy atom. The summed E-state index contributed by atoms with van der Waals surface area (Å²) in [4.78, 5) is 30.0. The summed E-state index contributed by atoms with van der Waals surface area (Å²) in [6.07, 6.45) is 1.66. The van der Waals surface area contributed by atoms with E-state index in [0.29, 0.717) is 40.4 Å². The third-order valence-electron chi connectivity index (χ3n) is 4.18. The van der Waals surface area contributed by atoms with Crippen molar-refractivity contribution >= 4 is 34.9 Å². The number of hydrogen-bond donors (Lipinski definition) is 1. The number of aliphatic imine (C=N–C) groups is 1. The first-order valence-electron chi connectivity index (χ1n) is 8.39. The highest BCUT2D eigenvalue weighted by atomic mass is 32.2. The molecule has 0 saturated carbocycles. The molecule has 27 heavy (non-hydrogen) atoms. The minimum absolute atomic E-state index is 0.189. The predicted octanol–water partition coefficient (Wildman–Crippen LogP) is 2.95. The summed E-state index contributed by atoms with van der Waals surface area (Å²) in [6.45, 7) is 2.70. The molecular weight excluding hydrogens is 368 g/mol. The van der Waals surface area contributed by atoms with Gasteiger partial charge in [0.25, 0.3) is 5.91 Å². The SMILES string of the molecule is O=C1N=C(N2CCOCC2)S/C1=C\c1ccc(-c2cccc(C(=O)O)c2)o1. The maximum Gasteiger partial charge on any atom is 0.335 e. The van der Waals surface area contributed by atoms with Crippen molar-refractivity contribution in [3.05, 3.63) is 52.6 Å². The van der Waals surface area contributed by atoms with Gasteiger partial charge in [-0.15, -0.1) is 0 Å². The highest BCUT2D eigenvalue weighted by molar-refractivity contribution is 8.18. The highest BCUT2D eigenvalue weighted by Gasteiger charge is 2.27. The number of amides is 1. The molecule has 1 fully saturated rings. The van der Waals surface area contributed by atoms with Gasteiger partial charge in [-0.25, -0.2) is 4.79 Å². The van der Waals surface area contributed by atoms with Gasteiger partial charge in [-0.05, 0) is 36.0 Å². The van der Waals surface area contributed by atoms with Crippen LogP contribution in [0.4, 0.5) is 0 Å². The maximum atomic E-state index is 12.2. The Labute approximate surface area is 159 Å². The second-order valence-electron chi connectivity index (χ2n) is 6.00. The van der Waals surface area contributed by atoms with E-state index < -0.39 is 5.97 Å². The summed E-state index contributed by atoms with van der Waals surface area (Å²) >= 11 is 1.33. The Kier molecular flexibility index (Phi) is 4.83. The Bertz CT molecular complexity index is 957. The average molecular weight is 384 g/mol. The molecule has 0 atom stereocenters. The summed E-state index contributed by atoms with van der Waals surface area (Å²) in [5, 5.41) is 9.80. The van der Waals surface area contributed by atoms with Crippen molar-refractivity contribution in [1.29, 1.82) is 0 Å². The lowest BCUT2D eigenvalue weighted by Gasteiger charge is -2.27. The van der Waals surface area contributed by atoms with E-state index in [0.717, 1.165) is 13.1 Å². The van der Waals surface area contributed by atoms with Crippen LogP contribution in [0.3, 0.4) is 0 Å². The van der Waals surface area contributed by atoms with Crippen molar-refractivity contribution in [3.8, 4) is 11.3 Å². The van der Waals surface area contributed by atoms with Crippen LogP contribution in [-0.4, -0.2) is 53.4 Å². The summed E-state index contributed by atoms with van der Waals surface area (Å²) in [7, 11) is 0. The number of nitrogens with zero attached hydrogens (tertiary/aromatic N) is 2. The molecule has 2 aliphatic rings. The largest absolute Gasteiger partial charge is 0.478 e. The van der Waals surface area contributed by atoms with Gasteiger partial charge in [0.1, 0.15) is 11.5 Å². The van der Waals surface area contributed by atoms with Gasteiger partial charge in [-0.3, -0.25) is 4.79 Å². The van der Waals surface area contributed by atoms with Crippen LogP contribution in [-0.2, 0) is 9.53 Å². The zero-order chi connectivity index (χ0) is 18.8. The molecule has 2 aromatic rings. The highest BCUT2D eigenvalue weighted by Crippen LogP contribution is 2.32. The van der Waals surface area contributed by atoms with E-state index in [1.807, 2.05) is 4.90 Å². The van der Waals surface area contributed by atoms with Crippen LogP contribution in [0, 0.1) is 0 Å². The van der Waals surface area contributed by atoms with Crippen molar-refractivity contribution in [2.75, 3.05) is 26.3 Å². The van der Waals surface area contributed by atoms with E-state index in [2.05, 4.69) is 4.99 Å². The number of carboxylic acid groups (broad SMARTS) is 1. The Hall–Kier alpha value is -2.84. The summed E-state index contributed by atoms with van der Waals surface area (Å²) in [5.41, 5.74) is 0.851. The van der Waals surface area contributed by atoms with Gasteiger partial charge in [0.05, 0.1) is 23.7 Å². The van der Waals surface area contributed by atoms with Gasteiger partial charge < -0.3 is 19.2 Å². The number of benzene rings is 1. The monoisotopic (exact) mass is 384 g/mol. The number of rotatable bonds is 3. The number of hydrogen-bond acceptors (Lipinski definition) is 6. The van der Waals surface area contributed by atoms with Gasteiger partial charge in [-0.1, -0.05) is 12.1 Å². The lowest BCUT2D eigenvalue weighted by atomic mass is 10.1. The summed E-state index contributed by atoms with van der Waals surface area (Å²) in [6, 6.07) is 10.0. The minimum atomic E-state index is -0.994. The maximum absolute atomic E-state index is 12.2. The smallest absolute Gasteiger partial charge is 0.335 e. The summed E-state index contributed by atoms with van der Waals surface area (Å²) in [5.74, 6) is -0.228. The molecule has 1 aromatic heterocycles. The zero-order valence-electron chi connectivity index (χ0n) is 14.3. The van der Waals surface area contributed by atoms with E-state index in [-0.39, 0.29) is 11.5 Å². The molecule has 1 saturated heterocycles. The van der Waals surface area contributed by atoms with Crippen LogP contribution in [0.15, 0.2) is 50.7 Å². The number of ether oxygens (including phenoxy) is 1. The topological polar surface area (TPSA) is 92.3 Å². The number of carbonyl (C=O) groups excluding carboxylic acids is 1. The van der Waals surface area contributed by atoms with Crippen molar-refractivity contribution in [1.82, 2.24) is 4.90 Å². The van der Waals surface area contributed by atoms with Crippen LogP contribution < -0.4 is 0 Å². The fourth-order valence-corrected chi connectivity index (χ4v) is 3.75. The number of amidine groups is 1. The second kappa shape index (κ2) is 7.42. The molecule has 7 nitrogen and oxygen atoms in total. The van der Waals surface area contributed by atoms with Gasteiger partial charge in [0.2, 0.25) is 0 Å². The first-order valence-corrected chi connectivity index (χ1v) is 9.20. The van der Waals surface area contributed by atoms with Crippen LogP contribution in [0.5, 0.6) is 0 Å². The molecule has 2 aliphatic heterocycles. The number of carboxylic acids is 1. The van der Waals surface area contributed by atoms with Crippen molar-refractivity contribution in [2.24, 2.45) is 4.99 Å². The molecule has 138 valence electrons. The lowest BCUT2D eigenvalue weighted by Crippen LogP contribution is -2.38. The Morgan fingerprint density at radius 3 is 2.81 bits per heavy atom. The quantitative estimate of drug-likeness (QED) is 0.813. The first kappa shape index (κ1) is 17.6. The number of morpholine rings is 1. The number of thioether (sulfide) groups is 1. The van der Waals surface area contributed by atoms with Crippen molar-refractivity contribution in [3.63, 3.8) is 0 Å². The van der Waals surface area contributed by atoms with E-state index >= 15 is 0 Å². The number of furan rings is 1. The molecule has 0 radical (unpaired) electrons. The molecule has 1 amide bonds. The molecular formula is C19H16N2O5S. The average Bonchev–Trinajstić information content (AvgIpc) is 3.30. The minimum Gasteiger partial charge on any atom is -0.478 e. The third kappa shape index (κ3) is 3.81. The van der Waals surface area contributed by atoms with Gasteiger partial charge >= 0.3 is 5.97 Å². The van der Waals surface area contributed by atoms with E-state index in [1.165, 1.54) is 17.8 Å². The molecule has 0 aliphatic carbocycles. The molecule has 4 rings (SSSR count). The molecule has 0 unspecified atom stereocenters. The molecule has 0 bridgehead atoms. The van der Waals surface area contributed by atoms with Crippen molar-refractivity contribution < 1.29 is 23.8 Å². The standard InChI is InChI=1S/C19H16N2O5S/c22-17-16(27-19(20-17)21-6-8-25-9-7-21)11-14-4-5-15(26-14)12-2-1-3-13(10-12)18(23)24/h1-5,10-11H,6-9H2,(H,23,24)/b16-11-. The molecule has 3 heterocycles. The predicted molar refractivity (Wildman–Crippen MR) is 102 cm³/mol. The van der Waals surface area contributed by atoms with Gasteiger partial charge in [0.15, 0.2) is 5.17 Å². The second-order valence-corrected chi connectivity index (χ2v) is 7.01. The Morgan fingerprint density at radius 2 is 2.04 bits per heavy atom.